The minimum Gasteiger partial charge on any atom is -0.352 e. The molecule has 2 heterocycles. The van der Waals surface area contributed by atoms with Gasteiger partial charge in [0.25, 0.3) is 0 Å². The summed E-state index contributed by atoms with van der Waals surface area (Å²) in [6.07, 6.45) is 3.66. The van der Waals surface area contributed by atoms with Gasteiger partial charge in [0.1, 0.15) is 0 Å². The van der Waals surface area contributed by atoms with Crippen molar-refractivity contribution in [3.63, 3.8) is 0 Å². The molecule has 2 aromatic rings. The van der Waals surface area contributed by atoms with Crippen LogP contribution in [0.4, 0.5) is 0 Å². The van der Waals surface area contributed by atoms with E-state index < -0.39 is 0 Å². The molecule has 2 N–H and O–H groups in total. The summed E-state index contributed by atoms with van der Waals surface area (Å²) in [6, 6.07) is 9.88. The molecule has 110 valence electrons. The molecule has 0 spiro atoms. The molecule has 1 aromatic heterocycles. The van der Waals surface area contributed by atoms with Gasteiger partial charge >= 0.3 is 0 Å². The van der Waals surface area contributed by atoms with Crippen LogP contribution in [0.25, 0.3) is 5.69 Å². The zero-order valence-electron chi connectivity index (χ0n) is 12.1. The van der Waals surface area contributed by atoms with E-state index >= 15 is 0 Å². The van der Waals surface area contributed by atoms with Gasteiger partial charge in [-0.3, -0.25) is 4.79 Å². The average molecular weight is 284 g/mol. The number of rotatable bonds is 4. The first-order chi connectivity index (χ1) is 10.3. The average Bonchev–Trinajstić information content (AvgIpc) is 3.16. The Bertz CT molecular complexity index is 608. The summed E-state index contributed by atoms with van der Waals surface area (Å²) in [4.78, 5) is 12.3. The Hall–Kier alpha value is -2.14. The fourth-order valence-electron chi connectivity index (χ4n) is 2.77. The summed E-state index contributed by atoms with van der Waals surface area (Å²) < 4.78 is 1.82. The predicted molar refractivity (Wildman–Crippen MR) is 80.9 cm³/mol. The van der Waals surface area contributed by atoms with Gasteiger partial charge in [-0.25, -0.2) is 4.68 Å². The van der Waals surface area contributed by atoms with Gasteiger partial charge in [0, 0.05) is 25.5 Å². The van der Waals surface area contributed by atoms with Gasteiger partial charge in [-0.2, -0.15) is 5.10 Å². The normalized spacial score (nSPS) is 21.4. The Labute approximate surface area is 124 Å². The van der Waals surface area contributed by atoms with Gasteiger partial charge in [-0.05, 0) is 30.2 Å². The second-order valence-electron chi connectivity index (χ2n) is 5.54. The lowest BCUT2D eigenvalue weighted by molar-refractivity contribution is -0.125. The van der Waals surface area contributed by atoms with Crippen molar-refractivity contribution in [3.05, 3.63) is 48.3 Å². The molecule has 0 saturated carbocycles. The van der Waals surface area contributed by atoms with Gasteiger partial charge in [-0.15, -0.1) is 0 Å². The Kier molecular flexibility index (Phi) is 4.01. The van der Waals surface area contributed by atoms with Crippen molar-refractivity contribution in [2.75, 3.05) is 13.1 Å². The van der Waals surface area contributed by atoms with Crippen LogP contribution >= 0.6 is 0 Å². The molecule has 1 saturated heterocycles. The lowest BCUT2D eigenvalue weighted by Crippen LogP contribution is -2.34. The van der Waals surface area contributed by atoms with Crippen molar-refractivity contribution >= 4 is 5.91 Å². The maximum Gasteiger partial charge on any atom is 0.224 e. The van der Waals surface area contributed by atoms with E-state index in [4.69, 9.17) is 0 Å². The molecular weight excluding hydrogens is 264 g/mol. The van der Waals surface area contributed by atoms with E-state index in [0.717, 1.165) is 24.3 Å². The number of benzene rings is 1. The smallest absolute Gasteiger partial charge is 0.224 e. The molecule has 3 rings (SSSR count). The SMILES string of the molecule is C[C@@H]1CNC[C@H]1C(=O)NCc1ccccc1-n1cccn1. The van der Waals surface area contributed by atoms with E-state index in [9.17, 15) is 4.79 Å². The van der Waals surface area contributed by atoms with E-state index in [0.29, 0.717) is 12.5 Å². The standard InChI is InChI=1S/C16H20N4O/c1-12-9-17-11-14(12)16(21)18-10-13-5-2-3-6-15(13)20-8-4-7-19-20/h2-8,12,14,17H,9-11H2,1H3,(H,18,21)/t12-,14-/m1/s1. The number of amides is 1. The summed E-state index contributed by atoms with van der Waals surface area (Å²) in [5.74, 6) is 0.594. The Morgan fingerprint density at radius 1 is 1.38 bits per heavy atom. The molecule has 1 aromatic carbocycles. The number of carbonyl (C=O) groups is 1. The number of nitrogens with one attached hydrogen (secondary N) is 2. The van der Waals surface area contributed by atoms with E-state index in [1.807, 2.05) is 41.2 Å². The summed E-state index contributed by atoms with van der Waals surface area (Å²) >= 11 is 0. The van der Waals surface area contributed by atoms with E-state index in [2.05, 4.69) is 22.7 Å². The van der Waals surface area contributed by atoms with Crippen LogP contribution in [0.5, 0.6) is 0 Å². The van der Waals surface area contributed by atoms with E-state index in [1.165, 1.54) is 0 Å². The third-order valence-corrected chi connectivity index (χ3v) is 4.05. The fourth-order valence-corrected chi connectivity index (χ4v) is 2.77. The number of nitrogens with zero attached hydrogens (tertiary/aromatic N) is 2. The third kappa shape index (κ3) is 2.97. The van der Waals surface area contributed by atoms with Crippen molar-refractivity contribution < 1.29 is 4.79 Å². The van der Waals surface area contributed by atoms with Crippen LogP contribution in [0, 0.1) is 11.8 Å². The first kappa shape index (κ1) is 13.8. The van der Waals surface area contributed by atoms with Crippen molar-refractivity contribution in [3.8, 4) is 5.69 Å². The predicted octanol–water partition coefficient (Wildman–Crippen LogP) is 1.34. The highest BCUT2D eigenvalue weighted by molar-refractivity contribution is 5.79. The van der Waals surface area contributed by atoms with Crippen LogP contribution in [0.2, 0.25) is 0 Å². The molecule has 0 aliphatic carbocycles. The monoisotopic (exact) mass is 284 g/mol. The number of hydrogen-bond acceptors (Lipinski definition) is 3. The first-order valence-electron chi connectivity index (χ1n) is 7.32. The summed E-state index contributed by atoms with van der Waals surface area (Å²) in [6.45, 7) is 4.33. The summed E-state index contributed by atoms with van der Waals surface area (Å²) in [7, 11) is 0. The Balaban J connectivity index is 1.70. The minimum atomic E-state index is 0.0712. The largest absolute Gasteiger partial charge is 0.352 e. The van der Waals surface area contributed by atoms with Gasteiger partial charge in [0.2, 0.25) is 5.91 Å². The first-order valence-corrected chi connectivity index (χ1v) is 7.32. The molecule has 5 nitrogen and oxygen atoms in total. The van der Waals surface area contributed by atoms with Crippen LogP contribution < -0.4 is 10.6 Å². The number of aromatic nitrogens is 2. The minimum absolute atomic E-state index is 0.0712. The lowest BCUT2D eigenvalue weighted by atomic mass is 9.97. The second-order valence-corrected chi connectivity index (χ2v) is 5.54. The van der Waals surface area contributed by atoms with Crippen LogP contribution in [0.3, 0.4) is 0 Å². The number of para-hydroxylation sites is 1. The lowest BCUT2D eigenvalue weighted by Gasteiger charge is -2.15. The maximum atomic E-state index is 12.3. The molecule has 0 radical (unpaired) electrons. The molecule has 0 bridgehead atoms. The third-order valence-electron chi connectivity index (χ3n) is 4.05. The Morgan fingerprint density at radius 2 is 2.24 bits per heavy atom. The molecule has 21 heavy (non-hydrogen) atoms. The maximum absolute atomic E-state index is 12.3. The van der Waals surface area contributed by atoms with Crippen LogP contribution in [-0.4, -0.2) is 28.8 Å². The van der Waals surface area contributed by atoms with Crippen molar-refractivity contribution in [2.24, 2.45) is 11.8 Å². The summed E-state index contributed by atoms with van der Waals surface area (Å²) in [5.41, 5.74) is 2.06. The Morgan fingerprint density at radius 3 is 2.95 bits per heavy atom. The van der Waals surface area contributed by atoms with Gasteiger partial charge in [0.05, 0.1) is 11.6 Å². The van der Waals surface area contributed by atoms with Gasteiger partial charge < -0.3 is 10.6 Å². The zero-order valence-corrected chi connectivity index (χ0v) is 12.1. The van der Waals surface area contributed by atoms with Crippen LogP contribution in [0.1, 0.15) is 12.5 Å². The molecule has 0 unspecified atom stereocenters. The van der Waals surface area contributed by atoms with Gasteiger partial charge in [-0.1, -0.05) is 25.1 Å². The number of hydrogen-bond donors (Lipinski definition) is 2. The molecule has 1 amide bonds. The van der Waals surface area contributed by atoms with Crippen molar-refractivity contribution in [1.82, 2.24) is 20.4 Å². The quantitative estimate of drug-likeness (QED) is 0.891. The van der Waals surface area contributed by atoms with E-state index in [-0.39, 0.29) is 11.8 Å². The van der Waals surface area contributed by atoms with Crippen molar-refractivity contribution in [1.29, 1.82) is 0 Å². The van der Waals surface area contributed by atoms with Crippen LogP contribution in [0.15, 0.2) is 42.7 Å². The molecule has 1 aliphatic rings. The molecule has 1 aliphatic heterocycles. The van der Waals surface area contributed by atoms with Gasteiger partial charge in [0.15, 0.2) is 0 Å². The molecule has 1 fully saturated rings. The van der Waals surface area contributed by atoms with Crippen molar-refractivity contribution in [2.45, 2.75) is 13.5 Å². The fraction of sp³-hybridized carbons (Fsp3) is 0.375. The summed E-state index contributed by atoms with van der Waals surface area (Å²) in [5, 5.41) is 10.6. The zero-order chi connectivity index (χ0) is 14.7. The molecule has 2 atom stereocenters. The molecule has 5 heteroatoms. The second kappa shape index (κ2) is 6.10. The topological polar surface area (TPSA) is 59.0 Å². The van der Waals surface area contributed by atoms with Crippen LogP contribution in [-0.2, 0) is 11.3 Å². The van der Waals surface area contributed by atoms with E-state index in [1.54, 1.807) is 6.20 Å². The highest BCUT2D eigenvalue weighted by Crippen LogP contribution is 2.17. The highest BCUT2D eigenvalue weighted by atomic mass is 16.1. The number of carbonyl (C=O) groups excluding carboxylic acids is 1. The highest BCUT2D eigenvalue weighted by Gasteiger charge is 2.29. The molecular formula is C16H20N4O.